The van der Waals surface area contributed by atoms with Gasteiger partial charge in [-0.05, 0) is 72.6 Å². The molecular formula is C24H33BrF2N6O3. The van der Waals surface area contributed by atoms with E-state index in [9.17, 15) is 18.7 Å². The molecule has 12 heteroatoms. The number of halogens is 3. The standard InChI is InChI=1S/C24H33BrF2N6O3/c25-18-14-29-24(30-15-18)32-20(23(34)35)8-11-33(12-13-36-16-21(26)27)10-2-1-5-19-7-6-17-4-3-9-28-22(17)31-19/h6-7,14-15,20-21H,1-5,8-13,16H2,(H,28,31)(H,34,35)(H,29,30,32)/t20-/m0/s1. The molecule has 198 valence electrons. The summed E-state index contributed by atoms with van der Waals surface area (Å²) in [5, 5.41) is 15.8. The minimum atomic E-state index is -2.51. The van der Waals surface area contributed by atoms with Crippen molar-refractivity contribution in [2.75, 3.05) is 50.0 Å². The van der Waals surface area contributed by atoms with Crippen LogP contribution in [0.15, 0.2) is 29.0 Å². The predicted molar refractivity (Wildman–Crippen MR) is 137 cm³/mol. The number of carboxylic acid groups (broad SMARTS) is 1. The van der Waals surface area contributed by atoms with Crippen LogP contribution >= 0.6 is 15.9 Å². The molecule has 0 bridgehead atoms. The van der Waals surface area contributed by atoms with Crippen molar-refractivity contribution in [2.45, 2.75) is 51.0 Å². The minimum absolute atomic E-state index is 0.156. The molecule has 0 radical (unpaired) electrons. The number of unbranched alkanes of at least 4 members (excludes halogenated alkanes) is 1. The van der Waals surface area contributed by atoms with Gasteiger partial charge in [-0.25, -0.2) is 28.5 Å². The van der Waals surface area contributed by atoms with Crippen LogP contribution in [-0.4, -0.2) is 82.8 Å². The summed E-state index contributed by atoms with van der Waals surface area (Å²) in [6.45, 7) is 2.10. The zero-order valence-electron chi connectivity index (χ0n) is 20.1. The molecule has 0 aromatic carbocycles. The van der Waals surface area contributed by atoms with Gasteiger partial charge in [0, 0.05) is 37.7 Å². The van der Waals surface area contributed by atoms with E-state index in [1.54, 1.807) is 0 Å². The quantitative estimate of drug-likeness (QED) is 0.259. The highest BCUT2D eigenvalue weighted by Crippen LogP contribution is 2.20. The number of ether oxygens (including phenoxy) is 1. The SMILES string of the molecule is O=C(O)[C@H](CCN(CCCCc1ccc2c(n1)NCCC2)CCOCC(F)F)Nc1ncc(Br)cn1. The first-order chi connectivity index (χ1) is 17.4. The summed E-state index contributed by atoms with van der Waals surface area (Å²) < 4.78 is 30.6. The number of nitrogens with one attached hydrogen (secondary N) is 2. The number of aliphatic carboxylic acids is 1. The van der Waals surface area contributed by atoms with Crippen LogP contribution < -0.4 is 10.6 Å². The molecule has 0 spiro atoms. The van der Waals surface area contributed by atoms with E-state index in [0.29, 0.717) is 30.5 Å². The number of aryl methyl sites for hydroxylation is 2. The first-order valence-electron chi connectivity index (χ1n) is 12.2. The maximum Gasteiger partial charge on any atom is 0.326 e. The summed E-state index contributed by atoms with van der Waals surface area (Å²) in [4.78, 5) is 26.7. The third-order valence-corrected chi connectivity index (χ3v) is 6.27. The summed E-state index contributed by atoms with van der Waals surface area (Å²) in [7, 11) is 0. The van der Waals surface area contributed by atoms with Crippen LogP contribution in [0.1, 0.15) is 36.9 Å². The second kappa shape index (κ2) is 15.0. The van der Waals surface area contributed by atoms with Crippen LogP contribution in [0.5, 0.6) is 0 Å². The van der Waals surface area contributed by atoms with Gasteiger partial charge in [-0.1, -0.05) is 6.07 Å². The van der Waals surface area contributed by atoms with Crippen molar-refractivity contribution < 1.29 is 23.4 Å². The summed E-state index contributed by atoms with van der Waals surface area (Å²) in [6.07, 6.45) is 5.64. The molecule has 1 aliphatic heterocycles. The summed E-state index contributed by atoms with van der Waals surface area (Å²) >= 11 is 3.25. The van der Waals surface area contributed by atoms with Gasteiger partial charge in [0.1, 0.15) is 18.5 Å². The fourth-order valence-electron chi connectivity index (χ4n) is 3.96. The smallest absolute Gasteiger partial charge is 0.326 e. The van der Waals surface area contributed by atoms with E-state index in [1.807, 2.05) is 4.90 Å². The van der Waals surface area contributed by atoms with E-state index in [-0.39, 0.29) is 12.6 Å². The Morgan fingerprint density at radius 2 is 2.03 bits per heavy atom. The molecule has 1 atom stereocenters. The highest BCUT2D eigenvalue weighted by molar-refractivity contribution is 9.10. The average molecular weight is 571 g/mol. The van der Waals surface area contributed by atoms with E-state index in [4.69, 9.17) is 9.72 Å². The molecule has 0 unspecified atom stereocenters. The number of carbonyl (C=O) groups is 1. The Morgan fingerprint density at radius 3 is 2.78 bits per heavy atom. The lowest BCUT2D eigenvalue weighted by Gasteiger charge is -2.24. The number of pyridine rings is 1. The molecular weight excluding hydrogens is 538 g/mol. The first kappa shape index (κ1) is 28.1. The molecule has 2 aromatic rings. The Bertz CT molecular complexity index is 954. The van der Waals surface area contributed by atoms with Gasteiger partial charge in [0.25, 0.3) is 6.43 Å². The fraction of sp³-hybridized carbons (Fsp3) is 0.583. The van der Waals surface area contributed by atoms with Crippen molar-refractivity contribution >= 4 is 33.7 Å². The van der Waals surface area contributed by atoms with Crippen LogP contribution in [0.3, 0.4) is 0 Å². The number of aromatic nitrogens is 3. The third kappa shape index (κ3) is 9.90. The second-order valence-electron chi connectivity index (χ2n) is 8.65. The second-order valence-corrected chi connectivity index (χ2v) is 9.57. The van der Waals surface area contributed by atoms with Gasteiger partial charge in [-0.2, -0.15) is 0 Å². The lowest BCUT2D eigenvalue weighted by molar-refractivity contribution is -0.138. The third-order valence-electron chi connectivity index (χ3n) is 5.86. The van der Waals surface area contributed by atoms with Crippen molar-refractivity contribution in [3.05, 3.63) is 40.3 Å². The molecule has 9 nitrogen and oxygen atoms in total. The Balaban J connectivity index is 1.48. The van der Waals surface area contributed by atoms with Gasteiger partial charge >= 0.3 is 5.97 Å². The van der Waals surface area contributed by atoms with E-state index in [1.165, 1.54) is 18.0 Å². The topological polar surface area (TPSA) is 112 Å². The number of anilines is 2. The average Bonchev–Trinajstić information content (AvgIpc) is 2.87. The number of fused-ring (bicyclic) bond motifs is 1. The molecule has 0 fully saturated rings. The fourth-order valence-corrected chi connectivity index (χ4v) is 4.17. The monoisotopic (exact) mass is 570 g/mol. The van der Waals surface area contributed by atoms with Crippen LogP contribution in [0.2, 0.25) is 0 Å². The Kier molecular flexibility index (Phi) is 11.7. The minimum Gasteiger partial charge on any atom is -0.480 e. The Morgan fingerprint density at radius 1 is 1.22 bits per heavy atom. The van der Waals surface area contributed by atoms with Crippen LogP contribution in [0, 0.1) is 0 Å². The maximum atomic E-state index is 12.4. The molecule has 0 saturated carbocycles. The molecule has 1 aliphatic rings. The first-order valence-corrected chi connectivity index (χ1v) is 13.0. The summed E-state index contributed by atoms with van der Waals surface area (Å²) in [6, 6.07) is 3.34. The van der Waals surface area contributed by atoms with E-state index >= 15 is 0 Å². The highest BCUT2D eigenvalue weighted by Gasteiger charge is 2.20. The molecule has 0 aliphatic carbocycles. The van der Waals surface area contributed by atoms with Gasteiger partial charge in [0.05, 0.1) is 11.1 Å². The Hall–Kier alpha value is -2.44. The predicted octanol–water partition coefficient (Wildman–Crippen LogP) is 3.85. The molecule has 3 heterocycles. The molecule has 2 aromatic heterocycles. The van der Waals surface area contributed by atoms with E-state index in [0.717, 1.165) is 50.2 Å². The molecule has 0 saturated heterocycles. The number of hydrogen-bond donors (Lipinski definition) is 3. The van der Waals surface area contributed by atoms with Crippen molar-refractivity contribution in [1.29, 1.82) is 0 Å². The van der Waals surface area contributed by atoms with Gasteiger partial charge in [0.15, 0.2) is 0 Å². The van der Waals surface area contributed by atoms with Crippen LogP contribution in [0.25, 0.3) is 0 Å². The lowest BCUT2D eigenvalue weighted by atomic mass is 10.1. The van der Waals surface area contributed by atoms with Crippen LogP contribution in [0.4, 0.5) is 20.5 Å². The maximum absolute atomic E-state index is 12.4. The van der Waals surface area contributed by atoms with Crippen molar-refractivity contribution in [2.24, 2.45) is 0 Å². The molecule has 3 N–H and O–H groups in total. The molecule has 0 amide bonds. The van der Waals surface area contributed by atoms with Crippen molar-refractivity contribution in [1.82, 2.24) is 19.9 Å². The largest absolute Gasteiger partial charge is 0.480 e. The van der Waals surface area contributed by atoms with Gasteiger partial charge in [0.2, 0.25) is 5.95 Å². The van der Waals surface area contributed by atoms with E-state index in [2.05, 4.69) is 48.7 Å². The summed E-state index contributed by atoms with van der Waals surface area (Å²) in [5.74, 6) is 0.200. The number of carboxylic acids is 1. The highest BCUT2D eigenvalue weighted by atomic mass is 79.9. The zero-order chi connectivity index (χ0) is 25.8. The lowest BCUT2D eigenvalue weighted by Crippen LogP contribution is -2.37. The van der Waals surface area contributed by atoms with Gasteiger partial charge < -0.3 is 25.4 Å². The number of hydrogen-bond acceptors (Lipinski definition) is 8. The zero-order valence-corrected chi connectivity index (χ0v) is 21.7. The number of rotatable bonds is 16. The number of nitrogens with zero attached hydrogens (tertiary/aromatic N) is 4. The molecule has 36 heavy (non-hydrogen) atoms. The Labute approximate surface area is 218 Å². The van der Waals surface area contributed by atoms with Gasteiger partial charge in [-0.15, -0.1) is 0 Å². The normalized spacial score (nSPS) is 13.9. The summed E-state index contributed by atoms with van der Waals surface area (Å²) in [5.41, 5.74) is 2.30. The van der Waals surface area contributed by atoms with E-state index < -0.39 is 25.0 Å². The van der Waals surface area contributed by atoms with Crippen LogP contribution in [-0.2, 0) is 22.4 Å². The van der Waals surface area contributed by atoms with Gasteiger partial charge in [-0.3, -0.25) is 0 Å². The molecule has 3 rings (SSSR count). The van der Waals surface area contributed by atoms with Crippen molar-refractivity contribution in [3.8, 4) is 0 Å². The van der Waals surface area contributed by atoms with Crippen molar-refractivity contribution in [3.63, 3.8) is 0 Å². The number of alkyl halides is 2.